The second kappa shape index (κ2) is 5.80. The fraction of sp³-hybridized carbons (Fsp3) is 0.143. The zero-order valence-corrected chi connectivity index (χ0v) is 10.9. The van der Waals surface area contributed by atoms with Crippen molar-refractivity contribution in [3.05, 3.63) is 58.5 Å². The van der Waals surface area contributed by atoms with Gasteiger partial charge in [-0.1, -0.05) is 17.7 Å². The van der Waals surface area contributed by atoms with Gasteiger partial charge in [-0.05, 0) is 23.8 Å². The van der Waals surface area contributed by atoms with Crippen LogP contribution in [-0.4, -0.2) is 17.9 Å². The Morgan fingerprint density at radius 3 is 2.79 bits per heavy atom. The lowest BCUT2D eigenvalue weighted by Gasteiger charge is -2.04. The lowest BCUT2D eigenvalue weighted by atomic mass is 10.0. The highest BCUT2D eigenvalue weighted by Gasteiger charge is 2.12. The third kappa shape index (κ3) is 3.29. The molecule has 2 rings (SSSR count). The second-order valence-corrected chi connectivity index (χ2v) is 4.34. The van der Waals surface area contributed by atoms with Crippen LogP contribution in [0.3, 0.4) is 0 Å². The topological polar surface area (TPSA) is 39.2 Å². The number of Topliss-reactive ketones (excluding diaryl/α,β-unsaturated/α-hetero) is 1. The summed E-state index contributed by atoms with van der Waals surface area (Å²) in [7, 11) is 1.51. The van der Waals surface area contributed by atoms with Gasteiger partial charge in [0.25, 0.3) is 0 Å². The average molecular weight is 280 g/mol. The maximum absolute atomic E-state index is 13.1. The Bertz CT molecular complexity index is 599. The Labute approximate surface area is 115 Å². The molecule has 0 fully saturated rings. The number of methoxy groups -OCH3 is 1. The van der Waals surface area contributed by atoms with Gasteiger partial charge in [0, 0.05) is 24.2 Å². The summed E-state index contributed by atoms with van der Waals surface area (Å²) >= 11 is 5.88. The van der Waals surface area contributed by atoms with E-state index in [2.05, 4.69) is 4.98 Å². The molecule has 1 heterocycles. The Hall–Kier alpha value is -1.94. The molecule has 0 spiro atoms. The first-order valence-corrected chi connectivity index (χ1v) is 5.95. The summed E-state index contributed by atoms with van der Waals surface area (Å²) in [6, 6.07) is 7.12. The first-order chi connectivity index (χ1) is 9.10. The van der Waals surface area contributed by atoms with Gasteiger partial charge in [-0.3, -0.25) is 4.79 Å². The molecule has 19 heavy (non-hydrogen) atoms. The lowest BCUT2D eigenvalue weighted by molar-refractivity contribution is 0.0992. The normalized spacial score (nSPS) is 10.3. The molecule has 3 nitrogen and oxygen atoms in total. The fourth-order valence-corrected chi connectivity index (χ4v) is 1.85. The molecule has 0 amide bonds. The Balaban J connectivity index is 2.18. The van der Waals surface area contributed by atoms with Gasteiger partial charge in [-0.25, -0.2) is 9.37 Å². The van der Waals surface area contributed by atoms with Crippen molar-refractivity contribution in [1.82, 2.24) is 4.98 Å². The first kappa shape index (κ1) is 13.5. The van der Waals surface area contributed by atoms with Crippen LogP contribution >= 0.6 is 11.6 Å². The fourth-order valence-electron chi connectivity index (χ4n) is 1.63. The van der Waals surface area contributed by atoms with Crippen LogP contribution in [0, 0.1) is 5.82 Å². The van der Waals surface area contributed by atoms with Crippen molar-refractivity contribution in [2.24, 2.45) is 0 Å². The highest BCUT2D eigenvalue weighted by atomic mass is 35.5. The van der Waals surface area contributed by atoms with Gasteiger partial charge in [0.05, 0.1) is 12.1 Å². The van der Waals surface area contributed by atoms with E-state index in [9.17, 15) is 9.18 Å². The number of carbonyl (C=O) groups excluding carboxylic acids is 1. The lowest BCUT2D eigenvalue weighted by Crippen LogP contribution is -2.05. The van der Waals surface area contributed by atoms with Gasteiger partial charge >= 0.3 is 0 Å². The molecule has 0 aliphatic heterocycles. The number of pyridine rings is 1. The third-order valence-corrected chi connectivity index (χ3v) is 2.93. The van der Waals surface area contributed by atoms with E-state index in [0.29, 0.717) is 11.4 Å². The van der Waals surface area contributed by atoms with Gasteiger partial charge < -0.3 is 4.74 Å². The van der Waals surface area contributed by atoms with E-state index in [1.54, 1.807) is 18.3 Å². The molecule has 5 heteroatoms. The van der Waals surface area contributed by atoms with Crippen molar-refractivity contribution in [3.8, 4) is 5.88 Å². The van der Waals surface area contributed by atoms with Gasteiger partial charge in [0.1, 0.15) is 5.82 Å². The second-order valence-electron chi connectivity index (χ2n) is 3.93. The maximum atomic E-state index is 13.1. The molecule has 0 aliphatic carbocycles. The summed E-state index contributed by atoms with van der Waals surface area (Å²) in [6.07, 6.45) is 1.66. The van der Waals surface area contributed by atoms with Crippen molar-refractivity contribution >= 4 is 17.4 Å². The summed E-state index contributed by atoms with van der Waals surface area (Å²) in [6.45, 7) is 0. The van der Waals surface area contributed by atoms with Crippen molar-refractivity contribution in [3.63, 3.8) is 0 Å². The molecule has 0 unspecified atom stereocenters. The molecule has 0 radical (unpaired) electrons. The molecule has 0 bridgehead atoms. The van der Waals surface area contributed by atoms with Crippen molar-refractivity contribution in [2.75, 3.05) is 7.11 Å². The Morgan fingerprint density at radius 2 is 2.16 bits per heavy atom. The zero-order valence-electron chi connectivity index (χ0n) is 10.2. The molecule has 0 N–H and O–H groups in total. The Kier molecular flexibility index (Phi) is 4.12. The highest BCUT2D eigenvalue weighted by molar-refractivity contribution is 6.34. The highest BCUT2D eigenvalue weighted by Crippen LogP contribution is 2.19. The summed E-state index contributed by atoms with van der Waals surface area (Å²) in [5.41, 5.74) is 0.892. The largest absolute Gasteiger partial charge is 0.481 e. The van der Waals surface area contributed by atoms with Gasteiger partial charge in [-0.15, -0.1) is 0 Å². The van der Waals surface area contributed by atoms with Crippen molar-refractivity contribution < 1.29 is 13.9 Å². The molecular weight excluding hydrogens is 269 g/mol. The molecule has 0 atom stereocenters. The molecule has 0 aliphatic rings. The zero-order chi connectivity index (χ0) is 13.8. The third-order valence-electron chi connectivity index (χ3n) is 2.60. The van der Waals surface area contributed by atoms with Crippen LogP contribution in [0.4, 0.5) is 4.39 Å². The Morgan fingerprint density at radius 1 is 1.37 bits per heavy atom. The van der Waals surface area contributed by atoms with E-state index in [0.717, 1.165) is 6.07 Å². The first-order valence-electron chi connectivity index (χ1n) is 5.57. The number of carbonyl (C=O) groups is 1. The van der Waals surface area contributed by atoms with Crippen LogP contribution in [0.2, 0.25) is 5.02 Å². The van der Waals surface area contributed by atoms with Gasteiger partial charge in [0.2, 0.25) is 5.88 Å². The summed E-state index contributed by atoms with van der Waals surface area (Å²) in [5, 5.41) is 0.243. The van der Waals surface area contributed by atoms with Crippen molar-refractivity contribution in [2.45, 2.75) is 6.42 Å². The molecule has 0 saturated heterocycles. The minimum absolute atomic E-state index is 0.111. The number of ether oxygens (including phenoxy) is 1. The standard InChI is InChI=1S/C14H11ClFNO2/c1-19-14-5-2-9(8-17-14)6-13(18)11-7-10(16)3-4-12(11)15/h2-5,7-8H,6H2,1H3. The summed E-state index contributed by atoms with van der Waals surface area (Å²) < 4.78 is 18.0. The number of nitrogens with zero attached hydrogens (tertiary/aromatic N) is 1. The van der Waals surface area contributed by atoms with Crippen LogP contribution in [0.1, 0.15) is 15.9 Å². The predicted molar refractivity (Wildman–Crippen MR) is 70.2 cm³/mol. The molecular formula is C14H11ClFNO2. The maximum Gasteiger partial charge on any atom is 0.212 e. The minimum Gasteiger partial charge on any atom is -0.481 e. The van der Waals surface area contributed by atoms with E-state index in [1.165, 1.54) is 19.2 Å². The molecule has 1 aromatic carbocycles. The number of hydrogen-bond acceptors (Lipinski definition) is 3. The summed E-state index contributed by atoms with van der Waals surface area (Å²) in [4.78, 5) is 16.0. The molecule has 0 saturated carbocycles. The van der Waals surface area contributed by atoms with Gasteiger partial charge in [0.15, 0.2) is 5.78 Å². The quantitative estimate of drug-likeness (QED) is 0.806. The molecule has 1 aromatic heterocycles. The number of halogens is 2. The van der Waals surface area contributed by atoms with E-state index < -0.39 is 5.82 Å². The van der Waals surface area contributed by atoms with Crippen LogP contribution < -0.4 is 4.74 Å². The van der Waals surface area contributed by atoms with E-state index in [1.807, 2.05) is 0 Å². The number of rotatable bonds is 4. The number of hydrogen-bond donors (Lipinski definition) is 0. The van der Waals surface area contributed by atoms with Crippen molar-refractivity contribution in [1.29, 1.82) is 0 Å². The smallest absolute Gasteiger partial charge is 0.212 e. The van der Waals surface area contributed by atoms with E-state index in [4.69, 9.17) is 16.3 Å². The molecule has 2 aromatic rings. The van der Waals surface area contributed by atoms with E-state index >= 15 is 0 Å². The number of benzene rings is 1. The van der Waals surface area contributed by atoms with Crippen LogP contribution in [0.5, 0.6) is 5.88 Å². The van der Waals surface area contributed by atoms with E-state index in [-0.39, 0.29) is 22.8 Å². The van der Waals surface area contributed by atoms with Crippen LogP contribution in [-0.2, 0) is 6.42 Å². The SMILES string of the molecule is COc1ccc(CC(=O)c2cc(F)ccc2Cl)cn1. The average Bonchev–Trinajstić information content (AvgIpc) is 2.42. The minimum atomic E-state index is -0.486. The number of aromatic nitrogens is 1. The van der Waals surface area contributed by atoms with Crippen LogP contribution in [0.15, 0.2) is 36.5 Å². The monoisotopic (exact) mass is 279 g/mol. The predicted octanol–water partition coefficient (Wildman–Crippen LogP) is 3.31. The molecule has 98 valence electrons. The van der Waals surface area contributed by atoms with Gasteiger partial charge in [-0.2, -0.15) is 0 Å². The van der Waals surface area contributed by atoms with Crippen LogP contribution in [0.25, 0.3) is 0 Å². The number of ketones is 1. The summed E-state index contributed by atoms with van der Waals surface area (Å²) in [5.74, 6) is -0.267.